The van der Waals surface area contributed by atoms with E-state index in [0.29, 0.717) is 12.3 Å². The largest absolute Gasteiger partial charge is 0.354 e. The Bertz CT molecular complexity index is 450. The molecule has 2 heterocycles. The van der Waals surface area contributed by atoms with Gasteiger partial charge in [0.05, 0.1) is 11.9 Å². The third-order valence-corrected chi connectivity index (χ3v) is 3.77. The molecule has 0 aliphatic carbocycles. The van der Waals surface area contributed by atoms with E-state index in [1.165, 1.54) is 0 Å². The SMILES string of the molecule is CCN1CCN(c2ccc(NC(=O)CC(C)C)cn2)CC1. The molecule has 1 aliphatic rings. The molecule has 1 N–H and O–H groups in total. The molecule has 5 nitrogen and oxygen atoms in total. The second-order valence-electron chi connectivity index (χ2n) is 5.97. The van der Waals surface area contributed by atoms with Gasteiger partial charge in [-0.1, -0.05) is 20.8 Å². The van der Waals surface area contributed by atoms with Gasteiger partial charge in [-0.15, -0.1) is 0 Å². The monoisotopic (exact) mass is 290 g/mol. The first-order chi connectivity index (χ1) is 10.1. The van der Waals surface area contributed by atoms with Gasteiger partial charge in [0, 0.05) is 32.6 Å². The molecule has 0 bridgehead atoms. The lowest BCUT2D eigenvalue weighted by atomic mass is 10.1. The Balaban J connectivity index is 1.89. The number of aromatic nitrogens is 1. The summed E-state index contributed by atoms with van der Waals surface area (Å²) < 4.78 is 0. The van der Waals surface area contributed by atoms with Gasteiger partial charge >= 0.3 is 0 Å². The first kappa shape index (κ1) is 15.8. The number of nitrogens with zero attached hydrogens (tertiary/aromatic N) is 3. The Kier molecular flexibility index (Phi) is 5.56. The summed E-state index contributed by atoms with van der Waals surface area (Å²) in [6.07, 6.45) is 2.29. The Morgan fingerprint density at radius 1 is 1.29 bits per heavy atom. The Hall–Kier alpha value is -1.62. The van der Waals surface area contributed by atoms with Crippen LogP contribution >= 0.6 is 0 Å². The summed E-state index contributed by atoms with van der Waals surface area (Å²) in [5.41, 5.74) is 0.775. The van der Waals surface area contributed by atoms with Crippen molar-refractivity contribution < 1.29 is 4.79 Å². The Labute approximate surface area is 127 Å². The zero-order valence-corrected chi connectivity index (χ0v) is 13.3. The minimum atomic E-state index is 0.0520. The van der Waals surface area contributed by atoms with Gasteiger partial charge in [0.1, 0.15) is 5.82 Å². The van der Waals surface area contributed by atoms with E-state index in [0.717, 1.165) is 44.2 Å². The molecule has 0 aromatic carbocycles. The summed E-state index contributed by atoms with van der Waals surface area (Å²) in [7, 11) is 0. The molecule has 0 radical (unpaired) electrons. The second-order valence-corrected chi connectivity index (χ2v) is 5.97. The highest BCUT2D eigenvalue weighted by Gasteiger charge is 2.16. The van der Waals surface area contributed by atoms with E-state index in [1.54, 1.807) is 6.20 Å². The van der Waals surface area contributed by atoms with Crippen LogP contribution in [-0.2, 0) is 4.79 Å². The molecule has 0 atom stereocenters. The number of amides is 1. The fraction of sp³-hybridized carbons (Fsp3) is 0.625. The van der Waals surface area contributed by atoms with Gasteiger partial charge < -0.3 is 15.1 Å². The average Bonchev–Trinajstić information content (AvgIpc) is 2.47. The number of anilines is 2. The predicted molar refractivity (Wildman–Crippen MR) is 86.6 cm³/mol. The van der Waals surface area contributed by atoms with E-state index >= 15 is 0 Å². The van der Waals surface area contributed by atoms with Gasteiger partial charge in [-0.05, 0) is 24.6 Å². The average molecular weight is 290 g/mol. The lowest BCUT2D eigenvalue weighted by Gasteiger charge is -2.34. The predicted octanol–water partition coefficient (Wildman–Crippen LogP) is 2.21. The van der Waals surface area contributed by atoms with Crippen molar-refractivity contribution >= 4 is 17.4 Å². The lowest BCUT2D eigenvalue weighted by molar-refractivity contribution is -0.116. The minimum absolute atomic E-state index is 0.0520. The fourth-order valence-electron chi connectivity index (χ4n) is 2.52. The second kappa shape index (κ2) is 7.41. The molecule has 1 aromatic heterocycles. The molecule has 116 valence electrons. The van der Waals surface area contributed by atoms with Gasteiger partial charge in [0.2, 0.25) is 5.91 Å². The third kappa shape index (κ3) is 4.70. The summed E-state index contributed by atoms with van der Waals surface area (Å²) in [5.74, 6) is 1.41. The van der Waals surface area contributed by atoms with Crippen molar-refractivity contribution in [3.63, 3.8) is 0 Å². The molecular weight excluding hydrogens is 264 g/mol. The van der Waals surface area contributed by atoms with Crippen LogP contribution in [0.2, 0.25) is 0 Å². The first-order valence-corrected chi connectivity index (χ1v) is 7.81. The van der Waals surface area contributed by atoms with Crippen LogP contribution in [0.15, 0.2) is 18.3 Å². The molecule has 1 aliphatic heterocycles. The number of hydrogen-bond donors (Lipinski definition) is 1. The molecule has 0 unspecified atom stereocenters. The summed E-state index contributed by atoms with van der Waals surface area (Å²) in [6.45, 7) is 11.6. The highest BCUT2D eigenvalue weighted by molar-refractivity contribution is 5.90. The van der Waals surface area contributed by atoms with Crippen LogP contribution in [-0.4, -0.2) is 48.5 Å². The number of nitrogens with one attached hydrogen (secondary N) is 1. The summed E-state index contributed by atoms with van der Waals surface area (Å²) in [6, 6.07) is 3.93. The number of rotatable bonds is 5. The van der Waals surface area contributed by atoms with Crippen LogP contribution in [0.1, 0.15) is 27.2 Å². The van der Waals surface area contributed by atoms with Crippen LogP contribution in [0.3, 0.4) is 0 Å². The molecule has 1 fully saturated rings. The van der Waals surface area contributed by atoms with E-state index in [9.17, 15) is 4.79 Å². The number of pyridine rings is 1. The number of piperazine rings is 1. The van der Waals surface area contributed by atoms with Crippen molar-refractivity contribution in [1.29, 1.82) is 0 Å². The topological polar surface area (TPSA) is 48.5 Å². The number of hydrogen-bond acceptors (Lipinski definition) is 4. The fourth-order valence-corrected chi connectivity index (χ4v) is 2.52. The summed E-state index contributed by atoms with van der Waals surface area (Å²) >= 11 is 0. The van der Waals surface area contributed by atoms with Crippen molar-refractivity contribution in [3.8, 4) is 0 Å². The number of carbonyl (C=O) groups excluding carboxylic acids is 1. The van der Waals surface area contributed by atoms with Gasteiger partial charge in [0.25, 0.3) is 0 Å². The quantitative estimate of drug-likeness (QED) is 0.903. The smallest absolute Gasteiger partial charge is 0.224 e. The van der Waals surface area contributed by atoms with E-state index in [2.05, 4.69) is 27.0 Å². The molecule has 0 saturated carbocycles. The lowest BCUT2D eigenvalue weighted by Crippen LogP contribution is -2.46. The van der Waals surface area contributed by atoms with E-state index in [1.807, 2.05) is 26.0 Å². The standard InChI is InChI=1S/C16H26N4O/c1-4-19-7-9-20(10-8-19)15-6-5-14(12-17-15)18-16(21)11-13(2)3/h5-6,12-13H,4,7-11H2,1-3H3,(H,18,21). The van der Waals surface area contributed by atoms with Crippen LogP contribution < -0.4 is 10.2 Å². The van der Waals surface area contributed by atoms with Crippen molar-refractivity contribution in [2.45, 2.75) is 27.2 Å². The van der Waals surface area contributed by atoms with Gasteiger partial charge in [-0.3, -0.25) is 4.79 Å². The van der Waals surface area contributed by atoms with Crippen LogP contribution in [0, 0.1) is 5.92 Å². The third-order valence-electron chi connectivity index (χ3n) is 3.77. The molecule has 0 spiro atoms. The van der Waals surface area contributed by atoms with E-state index < -0.39 is 0 Å². The van der Waals surface area contributed by atoms with Crippen LogP contribution in [0.5, 0.6) is 0 Å². The highest BCUT2D eigenvalue weighted by atomic mass is 16.1. The molecule has 1 saturated heterocycles. The van der Waals surface area contributed by atoms with Crippen molar-refractivity contribution in [1.82, 2.24) is 9.88 Å². The van der Waals surface area contributed by atoms with Crippen molar-refractivity contribution in [2.75, 3.05) is 42.9 Å². The van der Waals surface area contributed by atoms with E-state index in [4.69, 9.17) is 0 Å². The molecule has 5 heteroatoms. The van der Waals surface area contributed by atoms with Gasteiger partial charge in [-0.25, -0.2) is 4.98 Å². The Morgan fingerprint density at radius 3 is 2.52 bits per heavy atom. The molecule has 1 amide bonds. The zero-order chi connectivity index (χ0) is 15.2. The minimum Gasteiger partial charge on any atom is -0.354 e. The van der Waals surface area contributed by atoms with E-state index in [-0.39, 0.29) is 5.91 Å². The maximum Gasteiger partial charge on any atom is 0.224 e. The summed E-state index contributed by atoms with van der Waals surface area (Å²) in [4.78, 5) is 20.9. The summed E-state index contributed by atoms with van der Waals surface area (Å²) in [5, 5.41) is 2.89. The van der Waals surface area contributed by atoms with Crippen LogP contribution in [0.4, 0.5) is 11.5 Å². The zero-order valence-electron chi connectivity index (χ0n) is 13.3. The highest BCUT2D eigenvalue weighted by Crippen LogP contribution is 2.16. The van der Waals surface area contributed by atoms with Gasteiger partial charge in [-0.2, -0.15) is 0 Å². The number of likely N-dealkylation sites (N-methyl/N-ethyl adjacent to an activating group) is 1. The molecular formula is C16H26N4O. The van der Waals surface area contributed by atoms with Crippen molar-refractivity contribution in [3.05, 3.63) is 18.3 Å². The maximum atomic E-state index is 11.7. The first-order valence-electron chi connectivity index (χ1n) is 7.81. The Morgan fingerprint density at radius 2 is 2.00 bits per heavy atom. The van der Waals surface area contributed by atoms with Gasteiger partial charge in [0.15, 0.2) is 0 Å². The maximum absolute atomic E-state index is 11.7. The molecule has 1 aromatic rings. The van der Waals surface area contributed by atoms with Crippen LogP contribution in [0.25, 0.3) is 0 Å². The molecule has 2 rings (SSSR count). The molecule has 21 heavy (non-hydrogen) atoms. The normalized spacial score (nSPS) is 16.3. The van der Waals surface area contributed by atoms with Crippen molar-refractivity contribution in [2.24, 2.45) is 5.92 Å². The number of carbonyl (C=O) groups is 1.